The van der Waals surface area contributed by atoms with E-state index in [1.54, 1.807) is 41.5 Å². The minimum atomic E-state index is -0.638. The summed E-state index contributed by atoms with van der Waals surface area (Å²) in [6.07, 6.45) is 3.14. The second kappa shape index (κ2) is 8.54. The van der Waals surface area contributed by atoms with E-state index in [2.05, 4.69) is 5.32 Å². The number of hydrogen-bond acceptors (Lipinski definition) is 7. The van der Waals surface area contributed by atoms with Gasteiger partial charge in [-0.15, -0.1) is 0 Å². The van der Waals surface area contributed by atoms with Gasteiger partial charge in [-0.2, -0.15) is 0 Å². The van der Waals surface area contributed by atoms with Gasteiger partial charge in [-0.1, -0.05) is 18.2 Å². The highest BCUT2D eigenvalue weighted by Crippen LogP contribution is 2.34. The lowest BCUT2D eigenvalue weighted by molar-refractivity contribution is -0.139. The van der Waals surface area contributed by atoms with Crippen molar-refractivity contribution in [1.82, 2.24) is 9.36 Å². The number of nitrogens with one attached hydrogen (secondary N) is 1. The van der Waals surface area contributed by atoms with Crippen LogP contribution in [-0.4, -0.2) is 21.9 Å². The molecular weight excluding hydrogens is 412 g/mol. The average Bonchev–Trinajstić information content (AvgIpc) is 3.38. The molecular formula is C23H24N4O5. The number of aromatic nitrogens is 2. The molecule has 3 N–H and O–H groups in total. The second-order valence-corrected chi connectivity index (χ2v) is 7.19. The van der Waals surface area contributed by atoms with Gasteiger partial charge in [0.2, 0.25) is 5.88 Å². The Morgan fingerprint density at radius 2 is 1.97 bits per heavy atom. The van der Waals surface area contributed by atoms with Gasteiger partial charge in [0.05, 0.1) is 30.2 Å². The number of carbonyl (C=O) groups excluding carboxylic acids is 1. The molecule has 1 aliphatic rings. The molecule has 1 unspecified atom stereocenters. The predicted molar refractivity (Wildman–Crippen MR) is 118 cm³/mol. The number of benzene rings is 1. The Morgan fingerprint density at radius 3 is 2.62 bits per heavy atom. The van der Waals surface area contributed by atoms with Crippen molar-refractivity contribution < 1.29 is 18.7 Å². The Kier molecular flexibility index (Phi) is 5.63. The predicted octanol–water partition coefficient (Wildman–Crippen LogP) is 2.88. The van der Waals surface area contributed by atoms with Crippen LogP contribution in [0.1, 0.15) is 24.3 Å². The molecule has 0 fully saturated rings. The third-order valence-corrected chi connectivity index (χ3v) is 5.26. The smallest absolute Gasteiger partial charge is 0.340 e. The molecule has 1 atom stereocenters. The lowest BCUT2D eigenvalue weighted by Crippen LogP contribution is -2.27. The first-order valence-electron chi connectivity index (χ1n) is 10.1. The van der Waals surface area contributed by atoms with Gasteiger partial charge in [-0.25, -0.2) is 9.48 Å². The molecule has 9 nitrogen and oxygen atoms in total. The van der Waals surface area contributed by atoms with Gasteiger partial charge < -0.3 is 24.9 Å². The molecule has 0 aliphatic carbocycles. The first-order valence-corrected chi connectivity index (χ1v) is 10.1. The quantitative estimate of drug-likeness (QED) is 0.571. The zero-order chi connectivity index (χ0) is 22.8. The first-order chi connectivity index (χ1) is 15.4. The summed E-state index contributed by atoms with van der Waals surface area (Å²) in [4.78, 5) is 25.7. The summed E-state index contributed by atoms with van der Waals surface area (Å²) in [5.74, 6) is -0.649. The Balaban J connectivity index is 1.72. The van der Waals surface area contributed by atoms with E-state index in [0.717, 1.165) is 5.69 Å². The van der Waals surface area contributed by atoms with E-state index in [9.17, 15) is 9.59 Å². The second-order valence-electron chi connectivity index (χ2n) is 7.19. The van der Waals surface area contributed by atoms with E-state index >= 15 is 0 Å². The molecule has 3 heterocycles. The molecule has 0 radical (unpaired) electrons. The van der Waals surface area contributed by atoms with E-state index in [0.29, 0.717) is 17.1 Å². The molecule has 0 bridgehead atoms. The van der Waals surface area contributed by atoms with Gasteiger partial charge >= 0.3 is 5.97 Å². The summed E-state index contributed by atoms with van der Waals surface area (Å²) in [6, 6.07) is 12.7. The monoisotopic (exact) mass is 436 g/mol. The number of nitrogens with zero attached hydrogens (tertiary/aromatic N) is 2. The normalized spacial score (nSPS) is 15.8. The minimum Gasteiger partial charge on any atom is -0.468 e. The number of nitrogens with two attached hydrogens (primary N) is 1. The topological polar surface area (TPSA) is 114 Å². The van der Waals surface area contributed by atoms with Crippen molar-refractivity contribution in [3.63, 3.8) is 0 Å². The summed E-state index contributed by atoms with van der Waals surface area (Å²) >= 11 is 0. The van der Waals surface area contributed by atoms with Gasteiger partial charge in [0.15, 0.2) is 5.88 Å². The summed E-state index contributed by atoms with van der Waals surface area (Å²) in [7, 11) is 1.80. The van der Waals surface area contributed by atoms with Crippen molar-refractivity contribution in [2.75, 3.05) is 11.9 Å². The number of anilines is 1. The molecule has 0 spiro atoms. The Bertz CT molecular complexity index is 1250. The molecule has 0 amide bonds. The van der Waals surface area contributed by atoms with Crippen molar-refractivity contribution in [2.45, 2.75) is 19.8 Å². The summed E-state index contributed by atoms with van der Waals surface area (Å²) < 4.78 is 19.6. The lowest BCUT2D eigenvalue weighted by Gasteiger charge is -2.24. The average molecular weight is 436 g/mol. The number of rotatable bonds is 6. The zero-order valence-corrected chi connectivity index (χ0v) is 18.0. The largest absolute Gasteiger partial charge is 0.468 e. The Labute approximate surface area is 184 Å². The molecule has 3 aromatic rings. The third-order valence-electron chi connectivity index (χ3n) is 5.26. The van der Waals surface area contributed by atoms with E-state index in [-0.39, 0.29) is 29.5 Å². The number of carbonyl (C=O) groups is 1. The van der Waals surface area contributed by atoms with Crippen molar-refractivity contribution in [2.24, 2.45) is 12.8 Å². The number of allylic oxidation sites excluding steroid dienone is 1. The molecule has 9 heteroatoms. The highest BCUT2D eigenvalue weighted by Gasteiger charge is 2.33. The number of furan rings is 1. The fourth-order valence-electron chi connectivity index (χ4n) is 3.63. The van der Waals surface area contributed by atoms with Crippen molar-refractivity contribution >= 4 is 11.7 Å². The summed E-state index contributed by atoms with van der Waals surface area (Å²) in [5, 5.41) is 3.04. The van der Waals surface area contributed by atoms with Crippen LogP contribution in [0.2, 0.25) is 0 Å². The highest BCUT2D eigenvalue weighted by atomic mass is 16.5. The molecule has 0 saturated heterocycles. The highest BCUT2D eigenvalue weighted by molar-refractivity contribution is 5.91. The Morgan fingerprint density at radius 1 is 1.22 bits per heavy atom. The number of esters is 1. The molecule has 32 heavy (non-hydrogen) atoms. The fourth-order valence-corrected chi connectivity index (χ4v) is 3.63. The molecule has 2 aromatic heterocycles. The number of hydrogen-bond donors (Lipinski definition) is 2. The van der Waals surface area contributed by atoms with Crippen molar-refractivity contribution in [1.29, 1.82) is 0 Å². The lowest BCUT2D eigenvalue weighted by atomic mass is 9.95. The van der Waals surface area contributed by atoms with Crippen LogP contribution in [0.25, 0.3) is 5.69 Å². The van der Waals surface area contributed by atoms with Crippen LogP contribution >= 0.6 is 0 Å². The van der Waals surface area contributed by atoms with Gasteiger partial charge in [0.25, 0.3) is 5.56 Å². The Hall–Kier alpha value is -4.14. The molecule has 166 valence electrons. The first kappa shape index (κ1) is 21.1. The maximum atomic E-state index is 13.2. The van der Waals surface area contributed by atoms with Crippen LogP contribution < -0.4 is 16.6 Å². The van der Waals surface area contributed by atoms with Gasteiger partial charge in [-0.3, -0.25) is 9.48 Å². The third kappa shape index (κ3) is 3.68. The van der Waals surface area contributed by atoms with E-state index < -0.39 is 11.9 Å². The molecule has 1 aliphatic heterocycles. The number of para-hydroxylation sites is 1. The van der Waals surface area contributed by atoms with Crippen LogP contribution in [0.4, 0.5) is 5.69 Å². The van der Waals surface area contributed by atoms with Crippen LogP contribution in [0.5, 0.6) is 0 Å². The van der Waals surface area contributed by atoms with E-state index in [4.69, 9.17) is 19.6 Å². The standard InChI is InChI=1S/C23H24N4O5/c1-4-30-23(29)19-16(17-11-8-12-31-17)13-18(32-21(19)24)25-20-14(2)26(3)27(22(20)28)15-9-6-5-7-10-15/h5-13,16,25H,4,24H2,1-3H3. The fraction of sp³-hybridized carbons (Fsp3) is 0.217. The van der Waals surface area contributed by atoms with Crippen LogP contribution in [0, 0.1) is 6.92 Å². The summed E-state index contributed by atoms with van der Waals surface area (Å²) in [5.41, 5.74) is 7.73. The SMILES string of the molecule is CCOC(=O)C1=C(N)OC(Nc2c(C)n(C)n(-c3ccccc3)c2=O)=CC1c1ccco1. The van der Waals surface area contributed by atoms with Crippen LogP contribution in [0.15, 0.2) is 81.4 Å². The van der Waals surface area contributed by atoms with Crippen molar-refractivity contribution in [3.05, 3.63) is 94.0 Å². The summed E-state index contributed by atoms with van der Waals surface area (Å²) in [6.45, 7) is 3.72. The van der Waals surface area contributed by atoms with Crippen LogP contribution in [-0.2, 0) is 21.3 Å². The van der Waals surface area contributed by atoms with Gasteiger partial charge in [-0.05, 0) is 44.2 Å². The molecule has 0 saturated carbocycles. The van der Waals surface area contributed by atoms with Crippen LogP contribution in [0.3, 0.4) is 0 Å². The minimum absolute atomic E-state index is 0.119. The maximum Gasteiger partial charge on any atom is 0.340 e. The number of ether oxygens (including phenoxy) is 2. The van der Waals surface area contributed by atoms with Gasteiger partial charge in [0, 0.05) is 7.05 Å². The van der Waals surface area contributed by atoms with Gasteiger partial charge in [0.1, 0.15) is 17.0 Å². The van der Waals surface area contributed by atoms with Crippen molar-refractivity contribution in [3.8, 4) is 5.69 Å². The molecule has 4 rings (SSSR count). The van der Waals surface area contributed by atoms with E-state index in [1.807, 2.05) is 37.3 Å². The maximum absolute atomic E-state index is 13.2. The molecule has 1 aromatic carbocycles. The van der Waals surface area contributed by atoms with E-state index in [1.165, 1.54) is 6.26 Å². The zero-order valence-electron chi connectivity index (χ0n) is 18.0.